The average molecular weight is 251 g/mol. The number of alkyl halides is 2. The highest BCUT2D eigenvalue weighted by molar-refractivity contribution is 5.83. The van der Waals surface area contributed by atoms with Gasteiger partial charge in [0.2, 0.25) is 0 Å². The Hall–Kier alpha value is -1.52. The van der Waals surface area contributed by atoms with Gasteiger partial charge in [-0.05, 0) is 6.07 Å². The molecule has 0 bridgehead atoms. The number of fused-ring (bicyclic) bond motifs is 1. The van der Waals surface area contributed by atoms with Gasteiger partial charge in [0, 0.05) is 50.7 Å². The van der Waals surface area contributed by atoms with Crippen LogP contribution in [0.1, 0.15) is 24.1 Å². The summed E-state index contributed by atoms with van der Waals surface area (Å²) in [6, 6.07) is 2.01. The number of halogens is 2. The first kappa shape index (κ1) is 11.6. The van der Waals surface area contributed by atoms with Crippen LogP contribution in [0.5, 0.6) is 0 Å². The summed E-state index contributed by atoms with van der Waals surface area (Å²) in [5.41, 5.74) is 3.00. The molecule has 2 aliphatic heterocycles. The first-order chi connectivity index (χ1) is 8.64. The normalized spacial score (nSPS) is 21.8. The third-order valence-electron chi connectivity index (χ3n) is 3.56. The van der Waals surface area contributed by atoms with Crippen molar-refractivity contribution in [1.29, 1.82) is 0 Å². The van der Waals surface area contributed by atoms with Crippen LogP contribution in [0.3, 0.4) is 0 Å². The van der Waals surface area contributed by atoms with Gasteiger partial charge in [-0.2, -0.15) is 0 Å². The second kappa shape index (κ2) is 4.30. The van der Waals surface area contributed by atoms with Crippen molar-refractivity contribution in [1.82, 2.24) is 4.98 Å². The van der Waals surface area contributed by atoms with Crippen LogP contribution in [-0.2, 0) is 6.42 Å². The van der Waals surface area contributed by atoms with Gasteiger partial charge in [0.1, 0.15) is 0 Å². The van der Waals surface area contributed by atoms with Crippen molar-refractivity contribution in [3.63, 3.8) is 0 Å². The van der Waals surface area contributed by atoms with Gasteiger partial charge in [-0.1, -0.05) is 0 Å². The Bertz CT molecular complexity index is 475. The van der Waals surface area contributed by atoms with E-state index in [4.69, 9.17) is 0 Å². The second-order valence-corrected chi connectivity index (χ2v) is 4.86. The summed E-state index contributed by atoms with van der Waals surface area (Å²) in [6.45, 7) is 1.57. The molecule has 0 aliphatic carbocycles. The molecule has 1 aromatic rings. The fraction of sp³-hybridized carbons (Fsp3) is 0.538. The van der Waals surface area contributed by atoms with Gasteiger partial charge in [-0.3, -0.25) is 9.98 Å². The second-order valence-electron chi connectivity index (χ2n) is 4.86. The molecule has 0 radical (unpaired) electrons. The number of anilines is 1. The lowest BCUT2D eigenvalue weighted by Crippen LogP contribution is -2.39. The van der Waals surface area contributed by atoms with E-state index < -0.39 is 5.92 Å². The van der Waals surface area contributed by atoms with Gasteiger partial charge in [0.05, 0.1) is 17.6 Å². The molecule has 18 heavy (non-hydrogen) atoms. The van der Waals surface area contributed by atoms with E-state index in [0.29, 0.717) is 13.1 Å². The Balaban J connectivity index is 1.80. The van der Waals surface area contributed by atoms with Crippen LogP contribution >= 0.6 is 0 Å². The minimum Gasteiger partial charge on any atom is -0.370 e. The molecule has 0 spiro atoms. The summed E-state index contributed by atoms with van der Waals surface area (Å²) >= 11 is 0. The van der Waals surface area contributed by atoms with Crippen LogP contribution in [0, 0.1) is 0 Å². The average Bonchev–Trinajstić information content (AvgIpc) is 2.38. The van der Waals surface area contributed by atoms with Crippen LogP contribution in [0.4, 0.5) is 14.5 Å². The highest BCUT2D eigenvalue weighted by Crippen LogP contribution is 2.30. The molecule has 3 rings (SSSR count). The topological polar surface area (TPSA) is 28.5 Å². The van der Waals surface area contributed by atoms with E-state index >= 15 is 0 Å². The number of pyridine rings is 1. The quantitative estimate of drug-likeness (QED) is 0.766. The number of aliphatic imine (C=N–C) groups is 1. The maximum Gasteiger partial charge on any atom is 0.251 e. The fourth-order valence-corrected chi connectivity index (χ4v) is 2.42. The molecule has 1 fully saturated rings. The minimum absolute atomic E-state index is 0.0713. The molecule has 0 saturated carbocycles. The van der Waals surface area contributed by atoms with Gasteiger partial charge in [-0.25, -0.2) is 8.78 Å². The Morgan fingerprint density at radius 1 is 1.22 bits per heavy atom. The van der Waals surface area contributed by atoms with Crippen molar-refractivity contribution in [2.75, 3.05) is 24.5 Å². The molecule has 0 unspecified atom stereocenters. The van der Waals surface area contributed by atoms with E-state index in [0.717, 1.165) is 29.9 Å². The predicted octanol–water partition coefficient (Wildman–Crippen LogP) is 2.29. The van der Waals surface area contributed by atoms with Crippen molar-refractivity contribution in [2.45, 2.75) is 25.2 Å². The number of rotatable bonds is 1. The predicted molar refractivity (Wildman–Crippen MR) is 66.8 cm³/mol. The maximum atomic E-state index is 13.1. The van der Waals surface area contributed by atoms with Crippen molar-refractivity contribution in [3.05, 3.63) is 23.5 Å². The molecule has 0 N–H and O–H groups in total. The Labute approximate surface area is 105 Å². The summed E-state index contributed by atoms with van der Waals surface area (Å²) in [7, 11) is 0. The Morgan fingerprint density at radius 3 is 2.78 bits per heavy atom. The van der Waals surface area contributed by atoms with Gasteiger partial charge in [0.25, 0.3) is 5.92 Å². The highest BCUT2D eigenvalue weighted by atomic mass is 19.3. The van der Waals surface area contributed by atoms with E-state index in [9.17, 15) is 8.78 Å². The molecule has 5 heteroatoms. The van der Waals surface area contributed by atoms with Crippen molar-refractivity contribution in [3.8, 4) is 0 Å². The van der Waals surface area contributed by atoms with Crippen molar-refractivity contribution < 1.29 is 8.78 Å². The fourth-order valence-electron chi connectivity index (χ4n) is 2.42. The lowest BCUT2D eigenvalue weighted by molar-refractivity contribution is -0.0220. The van der Waals surface area contributed by atoms with Crippen molar-refractivity contribution in [2.24, 2.45) is 4.99 Å². The monoisotopic (exact) mass is 251 g/mol. The molecule has 2 aliphatic rings. The zero-order valence-electron chi connectivity index (χ0n) is 10.1. The molecular formula is C13H15F2N3. The molecule has 0 amide bonds. The zero-order valence-corrected chi connectivity index (χ0v) is 10.1. The van der Waals surface area contributed by atoms with E-state index in [1.54, 1.807) is 6.20 Å². The number of hydrogen-bond donors (Lipinski definition) is 0. The third kappa shape index (κ3) is 2.21. The Morgan fingerprint density at radius 2 is 2.00 bits per heavy atom. The third-order valence-corrected chi connectivity index (χ3v) is 3.56. The molecule has 96 valence electrons. The smallest absolute Gasteiger partial charge is 0.251 e. The lowest BCUT2D eigenvalue weighted by Gasteiger charge is -2.33. The largest absolute Gasteiger partial charge is 0.370 e. The standard InChI is InChI=1S/C13H15F2N3/c14-13(15)2-5-18(6-3-13)11-7-10-8-16-4-1-12(10)17-9-11/h7-9H,1-6H2. The van der Waals surface area contributed by atoms with Crippen molar-refractivity contribution >= 4 is 11.9 Å². The number of nitrogens with zero attached hydrogens (tertiary/aromatic N) is 3. The van der Waals surface area contributed by atoms with E-state index in [-0.39, 0.29) is 12.8 Å². The SMILES string of the molecule is FC1(F)CCN(c2cnc3c(c2)C=NCC3)CC1. The van der Waals surface area contributed by atoms with Gasteiger partial charge < -0.3 is 4.90 Å². The van der Waals surface area contributed by atoms with Crippen LogP contribution in [0.15, 0.2) is 17.3 Å². The summed E-state index contributed by atoms with van der Waals surface area (Å²) in [6.07, 6.45) is 4.34. The van der Waals surface area contributed by atoms with E-state index in [2.05, 4.69) is 9.98 Å². The van der Waals surface area contributed by atoms with E-state index in [1.807, 2.05) is 17.2 Å². The van der Waals surface area contributed by atoms with Gasteiger partial charge >= 0.3 is 0 Å². The number of hydrogen-bond acceptors (Lipinski definition) is 3. The summed E-state index contributed by atoms with van der Waals surface area (Å²) in [5.74, 6) is -2.50. The zero-order chi connectivity index (χ0) is 12.6. The van der Waals surface area contributed by atoms with Gasteiger partial charge in [-0.15, -0.1) is 0 Å². The van der Waals surface area contributed by atoms with Crippen LogP contribution in [0.2, 0.25) is 0 Å². The van der Waals surface area contributed by atoms with Crippen LogP contribution < -0.4 is 4.90 Å². The summed E-state index contributed by atoms with van der Waals surface area (Å²) in [5, 5.41) is 0. The maximum absolute atomic E-state index is 13.1. The highest BCUT2D eigenvalue weighted by Gasteiger charge is 2.34. The molecule has 0 atom stereocenters. The lowest BCUT2D eigenvalue weighted by atomic mass is 10.0. The number of piperidine rings is 1. The molecule has 1 aromatic heterocycles. The summed E-state index contributed by atoms with van der Waals surface area (Å²) in [4.78, 5) is 10.6. The molecule has 0 aromatic carbocycles. The Kier molecular flexibility index (Phi) is 2.76. The molecule has 3 nitrogen and oxygen atoms in total. The van der Waals surface area contributed by atoms with Crippen LogP contribution in [-0.4, -0.2) is 36.8 Å². The first-order valence-corrected chi connectivity index (χ1v) is 6.26. The van der Waals surface area contributed by atoms with E-state index in [1.165, 1.54) is 0 Å². The van der Waals surface area contributed by atoms with Crippen LogP contribution in [0.25, 0.3) is 0 Å². The van der Waals surface area contributed by atoms with Gasteiger partial charge in [0.15, 0.2) is 0 Å². The molecular weight excluding hydrogens is 236 g/mol. The molecule has 3 heterocycles. The summed E-state index contributed by atoms with van der Waals surface area (Å²) < 4.78 is 26.2. The molecule has 1 saturated heterocycles. The number of aromatic nitrogens is 1. The first-order valence-electron chi connectivity index (χ1n) is 6.26. The minimum atomic E-state index is -2.50.